The summed E-state index contributed by atoms with van der Waals surface area (Å²) in [4.78, 5) is 9.60. The van der Waals surface area contributed by atoms with Crippen molar-refractivity contribution in [1.29, 1.82) is 0 Å². The lowest BCUT2D eigenvalue weighted by Gasteiger charge is -2.14. The van der Waals surface area contributed by atoms with Gasteiger partial charge in [-0.3, -0.25) is 4.79 Å². The number of carbonyl (C=O) groups excluding carboxylic acids is 1. The smallest absolute Gasteiger partial charge is 0.293 e. The van der Waals surface area contributed by atoms with Crippen LogP contribution in [-0.4, -0.2) is 38.8 Å². The van der Waals surface area contributed by atoms with Gasteiger partial charge in [0.15, 0.2) is 0 Å². The maximum atomic E-state index is 9.60. The number of nitrogens with one attached hydrogen (secondary N) is 2. The van der Waals surface area contributed by atoms with Gasteiger partial charge in [-0.1, -0.05) is 20.8 Å². The number of likely N-dealkylation sites (N-methyl/N-ethyl adjacent to an activating group) is 1. The number of carbonyl (C=O) groups is 1. The Morgan fingerprint density at radius 1 is 1.12 bits per heavy atom. The van der Waals surface area contributed by atoms with Crippen molar-refractivity contribution in [3.05, 3.63) is 0 Å². The monoisotopic (exact) mass is 248 g/mol. The number of hydrogen-bond acceptors (Lipinski definition) is 4. The fraction of sp³-hybridized carbons (Fsp3) is 0.923. The van der Waals surface area contributed by atoms with Crippen LogP contribution < -0.4 is 10.6 Å². The molecule has 0 radical (unpaired) electrons. The van der Waals surface area contributed by atoms with E-state index < -0.39 is 0 Å². The van der Waals surface area contributed by atoms with Crippen molar-refractivity contribution in [2.24, 2.45) is 0 Å². The lowest BCUT2D eigenvalue weighted by Crippen LogP contribution is -2.25. The van der Waals surface area contributed by atoms with Gasteiger partial charge in [0.1, 0.15) is 5.60 Å². The minimum Gasteiger partial charge on any atom is -0.462 e. The molecule has 0 spiro atoms. The van der Waals surface area contributed by atoms with Gasteiger partial charge >= 0.3 is 0 Å². The van der Waals surface area contributed by atoms with Crippen LogP contribution in [0.3, 0.4) is 0 Å². The highest BCUT2D eigenvalue weighted by atomic mass is 16.5. The van der Waals surface area contributed by atoms with Gasteiger partial charge < -0.3 is 15.4 Å². The molecule has 0 heterocycles. The van der Waals surface area contributed by atoms with E-state index in [1.54, 1.807) is 0 Å². The third kappa shape index (κ3) is 39.2. The van der Waals surface area contributed by atoms with Gasteiger partial charge in [-0.25, -0.2) is 0 Å². The highest BCUT2D eigenvalue weighted by Crippen LogP contribution is 2.02. The van der Waals surface area contributed by atoms with Crippen LogP contribution in [0.4, 0.5) is 0 Å². The van der Waals surface area contributed by atoms with Gasteiger partial charge in [0, 0.05) is 13.1 Å². The number of ether oxygens (including phenoxy) is 1. The summed E-state index contributed by atoms with van der Waals surface area (Å²) in [6.07, 6.45) is 1.23. The van der Waals surface area contributed by atoms with Gasteiger partial charge in [-0.2, -0.15) is 0 Å². The molecule has 0 atom stereocenters. The molecule has 0 saturated heterocycles. The van der Waals surface area contributed by atoms with Crippen LogP contribution in [0.25, 0.3) is 0 Å². The molecule has 0 aromatic heterocycles. The Morgan fingerprint density at radius 3 is 1.88 bits per heavy atom. The Morgan fingerprint density at radius 2 is 1.65 bits per heavy atom. The van der Waals surface area contributed by atoms with Crippen LogP contribution in [0, 0.1) is 0 Å². The van der Waals surface area contributed by atoms with Gasteiger partial charge in [-0.15, -0.1) is 0 Å². The van der Waals surface area contributed by atoms with Gasteiger partial charge in [0.2, 0.25) is 0 Å². The molecule has 106 valence electrons. The molecule has 2 N–H and O–H groups in total. The van der Waals surface area contributed by atoms with Crippen molar-refractivity contribution in [2.75, 3.05) is 26.7 Å². The highest BCUT2D eigenvalue weighted by Gasteiger charge is 2.07. The molecule has 0 rings (SSSR count). The van der Waals surface area contributed by atoms with Gasteiger partial charge in [0.05, 0.1) is 0 Å². The normalized spacial score (nSPS) is 9.35. The molecule has 0 aliphatic heterocycles. The van der Waals surface area contributed by atoms with Crippen molar-refractivity contribution >= 4 is 6.47 Å². The topological polar surface area (TPSA) is 50.4 Å². The maximum absolute atomic E-state index is 9.60. The first-order valence-corrected chi connectivity index (χ1v) is 6.44. The summed E-state index contributed by atoms with van der Waals surface area (Å²) in [5.74, 6) is 0. The van der Waals surface area contributed by atoms with E-state index in [-0.39, 0.29) is 5.60 Å². The Balaban J connectivity index is -0.000000202. The third-order valence-corrected chi connectivity index (χ3v) is 1.38. The van der Waals surface area contributed by atoms with E-state index >= 15 is 0 Å². The molecule has 0 aromatic rings. The van der Waals surface area contributed by atoms with E-state index in [1.807, 2.05) is 41.7 Å². The van der Waals surface area contributed by atoms with E-state index in [0.717, 1.165) is 19.6 Å². The molecule has 4 nitrogen and oxygen atoms in total. The van der Waals surface area contributed by atoms with E-state index in [2.05, 4.69) is 22.3 Å². The SMILES string of the molecule is CC.CC(C)(C)OC=O.CCCNCCNC. The summed E-state index contributed by atoms with van der Waals surface area (Å²) in [7, 11) is 1.97. The quantitative estimate of drug-likeness (QED) is 0.559. The predicted molar refractivity (Wildman–Crippen MR) is 75.3 cm³/mol. The average Bonchev–Trinajstić information content (AvgIpc) is 2.27. The average molecular weight is 248 g/mol. The van der Waals surface area contributed by atoms with Crippen molar-refractivity contribution in [1.82, 2.24) is 10.6 Å². The van der Waals surface area contributed by atoms with Crippen molar-refractivity contribution < 1.29 is 9.53 Å². The van der Waals surface area contributed by atoms with Crippen LogP contribution in [0.5, 0.6) is 0 Å². The molecule has 0 fully saturated rings. The first kappa shape index (κ1) is 21.7. The molecule has 4 heteroatoms. The van der Waals surface area contributed by atoms with Gasteiger partial charge in [0.25, 0.3) is 6.47 Å². The van der Waals surface area contributed by atoms with Crippen LogP contribution in [0.1, 0.15) is 48.0 Å². The van der Waals surface area contributed by atoms with Crippen LogP contribution in [-0.2, 0) is 9.53 Å². The second-order valence-corrected chi connectivity index (χ2v) is 4.18. The van der Waals surface area contributed by atoms with Crippen LogP contribution in [0.2, 0.25) is 0 Å². The second kappa shape index (κ2) is 17.8. The van der Waals surface area contributed by atoms with Crippen LogP contribution >= 0.6 is 0 Å². The zero-order chi connectivity index (χ0) is 14.2. The molecule has 0 aliphatic rings. The Labute approximate surface area is 108 Å². The zero-order valence-corrected chi connectivity index (χ0v) is 12.7. The fourth-order valence-corrected chi connectivity index (χ4v) is 0.660. The first-order valence-electron chi connectivity index (χ1n) is 6.44. The van der Waals surface area contributed by atoms with Crippen molar-refractivity contribution in [3.63, 3.8) is 0 Å². The molecule has 0 amide bonds. The minimum absolute atomic E-state index is 0.318. The Hall–Kier alpha value is -0.610. The van der Waals surface area contributed by atoms with Crippen molar-refractivity contribution in [2.45, 2.75) is 53.6 Å². The number of rotatable bonds is 6. The molecule has 0 saturated carbocycles. The molecule has 0 bridgehead atoms. The molecule has 0 aromatic carbocycles. The van der Waals surface area contributed by atoms with Crippen LogP contribution in [0.15, 0.2) is 0 Å². The lowest BCUT2D eigenvalue weighted by molar-refractivity contribution is -0.138. The first-order chi connectivity index (χ1) is 7.97. The standard InChI is InChI=1S/C6H16N2.C5H10O2.C2H6/c1-3-4-8-6-5-7-2;1-5(2,3)7-4-6;1-2/h7-8H,3-6H2,1-2H3;4H,1-3H3;1-2H3. The second-order valence-electron chi connectivity index (χ2n) is 4.18. The fourth-order valence-electron chi connectivity index (χ4n) is 0.660. The summed E-state index contributed by atoms with van der Waals surface area (Å²) >= 11 is 0. The summed E-state index contributed by atoms with van der Waals surface area (Å²) < 4.78 is 4.55. The number of hydrogen-bond donors (Lipinski definition) is 2. The largest absolute Gasteiger partial charge is 0.462 e. The Bertz CT molecular complexity index is 128. The molecular weight excluding hydrogens is 216 g/mol. The summed E-state index contributed by atoms with van der Waals surface area (Å²) in [5.41, 5.74) is -0.318. The molecule has 0 aliphatic carbocycles. The molecule has 0 unspecified atom stereocenters. The summed E-state index contributed by atoms with van der Waals surface area (Å²) in [5, 5.41) is 6.34. The summed E-state index contributed by atoms with van der Waals surface area (Å²) in [6, 6.07) is 0. The minimum atomic E-state index is -0.318. The third-order valence-electron chi connectivity index (χ3n) is 1.38. The van der Waals surface area contributed by atoms with E-state index in [0.29, 0.717) is 6.47 Å². The molecule has 17 heavy (non-hydrogen) atoms. The predicted octanol–water partition coefficient (Wildman–Crippen LogP) is 2.19. The van der Waals surface area contributed by atoms with E-state index in [9.17, 15) is 4.79 Å². The highest BCUT2D eigenvalue weighted by molar-refractivity contribution is 5.37. The lowest BCUT2D eigenvalue weighted by atomic mass is 10.2. The van der Waals surface area contributed by atoms with Gasteiger partial charge in [-0.05, 0) is 40.8 Å². The van der Waals surface area contributed by atoms with Crippen molar-refractivity contribution in [3.8, 4) is 0 Å². The molecular formula is C13H32N2O2. The summed E-state index contributed by atoms with van der Waals surface area (Å²) in [6.45, 7) is 15.4. The Kier molecular flexibility index (Phi) is 22.6. The maximum Gasteiger partial charge on any atom is 0.293 e. The zero-order valence-electron chi connectivity index (χ0n) is 12.7. The van der Waals surface area contributed by atoms with E-state index in [4.69, 9.17) is 0 Å². The van der Waals surface area contributed by atoms with E-state index in [1.165, 1.54) is 6.42 Å².